The second-order valence-electron chi connectivity index (χ2n) is 5.43. The Labute approximate surface area is 142 Å². The molecule has 0 heterocycles. The maximum Gasteiger partial charge on any atom is 0.279 e. The number of nitrogens with one attached hydrogen (secondary N) is 2. The van der Waals surface area contributed by atoms with Gasteiger partial charge in [0.25, 0.3) is 5.91 Å². The van der Waals surface area contributed by atoms with E-state index in [0.717, 1.165) is 23.6 Å². The summed E-state index contributed by atoms with van der Waals surface area (Å²) in [5.74, 6) is 0.834. The highest BCUT2D eigenvalue weighted by atomic mass is 35.5. The van der Waals surface area contributed by atoms with Crippen molar-refractivity contribution in [2.75, 3.05) is 32.1 Å². The average Bonchev–Trinajstić information content (AvgIpc) is 2.55. The van der Waals surface area contributed by atoms with Crippen LogP contribution in [0.15, 0.2) is 54.6 Å². The van der Waals surface area contributed by atoms with Crippen molar-refractivity contribution >= 4 is 23.2 Å². The molecule has 1 unspecified atom stereocenters. The standard InChI is InChI=1S/C18H21ClN2O2/c1-21(12-7-13-23-15-8-3-2-4-9-15)14-18(22)20-17-11-6-5-10-16(17)19/h2-6,8-11H,7,12-14H2,1H3,(H,20,22)/p+1. The largest absolute Gasteiger partial charge is 0.493 e. The van der Waals surface area contributed by atoms with E-state index in [1.165, 1.54) is 0 Å². The lowest BCUT2D eigenvalue weighted by Crippen LogP contribution is -3.10. The minimum Gasteiger partial charge on any atom is -0.493 e. The minimum atomic E-state index is -0.0421. The van der Waals surface area contributed by atoms with Crippen molar-refractivity contribution in [3.63, 3.8) is 0 Å². The number of ether oxygens (including phenoxy) is 1. The zero-order valence-corrected chi connectivity index (χ0v) is 14.0. The molecule has 0 aromatic heterocycles. The van der Waals surface area contributed by atoms with Crippen LogP contribution in [-0.2, 0) is 4.79 Å². The molecule has 1 amide bonds. The third-order valence-electron chi connectivity index (χ3n) is 3.37. The van der Waals surface area contributed by atoms with Crippen LogP contribution in [0.2, 0.25) is 5.02 Å². The molecule has 0 spiro atoms. The molecular formula is C18H22ClN2O2+. The summed E-state index contributed by atoms with van der Waals surface area (Å²) in [5.41, 5.74) is 0.652. The van der Waals surface area contributed by atoms with Crippen LogP contribution in [0.5, 0.6) is 5.75 Å². The van der Waals surface area contributed by atoms with Gasteiger partial charge in [-0.05, 0) is 24.3 Å². The molecule has 0 fully saturated rings. The third-order valence-corrected chi connectivity index (χ3v) is 3.70. The predicted molar refractivity (Wildman–Crippen MR) is 93.3 cm³/mol. The molecule has 23 heavy (non-hydrogen) atoms. The van der Waals surface area contributed by atoms with Gasteiger partial charge in [0.15, 0.2) is 6.54 Å². The molecule has 2 aromatic carbocycles. The van der Waals surface area contributed by atoms with Crippen molar-refractivity contribution in [2.45, 2.75) is 6.42 Å². The number of hydrogen-bond donors (Lipinski definition) is 2. The number of para-hydroxylation sites is 2. The predicted octanol–water partition coefficient (Wildman–Crippen LogP) is 2.26. The Hall–Kier alpha value is -2.04. The van der Waals surface area contributed by atoms with E-state index in [4.69, 9.17) is 16.3 Å². The maximum absolute atomic E-state index is 12.0. The lowest BCUT2D eigenvalue weighted by Gasteiger charge is -2.14. The monoisotopic (exact) mass is 333 g/mol. The number of hydrogen-bond acceptors (Lipinski definition) is 2. The molecular weight excluding hydrogens is 312 g/mol. The zero-order chi connectivity index (χ0) is 16.5. The van der Waals surface area contributed by atoms with Crippen molar-refractivity contribution in [1.29, 1.82) is 0 Å². The Bertz CT molecular complexity index is 619. The van der Waals surface area contributed by atoms with Crippen molar-refractivity contribution in [3.05, 3.63) is 59.6 Å². The number of carbonyl (C=O) groups excluding carboxylic acids is 1. The molecule has 2 aromatic rings. The molecule has 0 bridgehead atoms. The maximum atomic E-state index is 12.0. The van der Waals surface area contributed by atoms with Crippen LogP contribution < -0.4 is 15.0 Å². The van der Waals surface area contributed by atoms with E-state index >= 15 is 0 Å². The highest BCUT2D eigenvalue weighted by Crippen LogP contribution is 2.19. The van der Waals surface area contributed by atoms with Crippen LogP contribution in [0.4, 0.5) is 5.69 Å². The Balaban J connectivity index is 1.65. The first kappa shape index (κ1) is 17.3. The fourth-order valence-corrected chi connectivity index (χ4v) is 2.38. The number of halogens is 1. The molecule has 0 saturated carbocycles. The lowest BCUT2D eigenvalue weighted by atomic mass is 10.3. The molecule has 122 valence electrons. The number of amides is 1. The van der Waals surface area contributed by atoms with Gasteiger partial charge in [-0.3, -0.25) is 4.79 Å². The van der Waals surface area contributed by atoms with E-state index in [-0.39, 0.29) is 5.91 Å². The van der Waals surface area contributed by atoms with Gasteiger partial charge in [0.2, 0.25) is 0 Å². The summed E-state index contributed by atoms with van der Waals surface area (Å²) in [5, 5.41) is 3.39. The molecule has 2 rings (SSSR count). The van der Waals surface area contributed by atoms with Gasteiger partial charge in [-0.15, -0.1) is 0 Å². The lowest BCUT2D eigenvalue weighted by molar-refractivity contribution is -0.871. The summed E-state index contributed by atoms with van der Waals surface area (Å²) in [4.78, 5) is 13.1. The van der Waals surface area contributed by atoms with Crippen LogP contribution in [0.3, 0.4) is 0 Å². The SMILES string of the molecule is C[NH+](CCCOc1ccccc1)CC(=O)Nc1ccccc1Cl. The van der Waals surface area contributed by atoms with Crippen LogP contribution in [0, 0.1) is 0 Å². The summed E-state index contributed by atoms with van der Waals surface area (Å²) >= 11 is 6.03. The topological polar surface area (TPSA) is 42.8 Å². The number of benzene rings is 2. The summed E-state index contributed by atoms with van der Waals surface area (Å²) in [6.45, 7) is 1.91. The molecule has 0 aliphatic carbocycles. The van der Waals surface area contributed by atoms with Crippen molar-refractivity contribution in [3.8, 4) is 5.75 Å². The van der Waals surface area contributed by atoms with Gasteiger partial charge in [0.1, 0.15) is 5.75 Å². The number of likely N-dealkylation sites (N-methyl/N-ethyl adjacent to an activating group) is 1. The molecule has 5 heteroatoms. The van der Waals surface area contributed by atoms with E-state index in [9.17, 15) is 4.79 Å². The number of anilines is 1. The summed E-state index contributed by atoms with van der Waals surface area (Å²) in [6.07, 6.45) is 0.889. The number of carbonyl (C=O) groups is 1. The van der Waals surface area contributed by atoms with Crippen LogP contribution in [0.1, 0.15) is 6.42 Å². The fourth-order valence-electron chi connectivity index (χ4n) is 2.20. The van der Waals surface area contributed by atoms with Gasteiger partial charge in [-0.1, -0.05) is 41.9 Å². The van der Waals surface area contributed by atoms with Crippen molar-refractivity contribution < 1.29 is 14.4 Å². The number of rotatable bonds is 8. The van der Waals surface area contributed by atoms with Gasteiger partial charge in [0, 0.05) is 6.42 Å². The summed E-state index contributed by atoms with van der Waals surface area (Å²) in [6, 6.07) is 17.0. The quantitative estimate of drug-likeness (QED) is 0.728. The van der Waals surface area contributed by atoms with Crippen LogP contribution >= 0.6 is 11.6 Å². The van der Waals surface area contributed by atoms with E-state index in [1.807, 2.05) is 49.5 Å². The summed E-state index contributed by atoms with van der Waals surface area (Å²) < 4.78 is 5.64. The summed E-state index contributed by atoms with van der Waals surface area (Å²) in [7, 11) is 1.99. The molecule has 4 nitrogen and oxygen atoms in total. The van der Waals surface area contributed by atoms with Crippen molar-refractivity contribution in [1.82, 2.24) is 0 Å². The van der Waals surface area contributed by atoms with Gasteiger partial charge in [0.05, 0.1) is 30.9 Å². The molecule has 2 N–H and O–H groups in total. The van der Waals surface area contributed by atoms with Gasteiger partial charge >= 0.3 is 0 Å². The molecule has 0 saturated heterocycles. The van der Waals surface area contributed by atoms with E-state index in [2.05, 4.69) is 5.32 Å². The fraction of sp³-hybridized carbons (Fsp3) is 0.278. The Morgan fingerprint density at radius 2 is 1.83 bits per heavy atom. The molecule has 0 aliphatic rings. The normalized spacial score (nSPS) is 11.7. The smallest absolute Gasteiger partial charge is 0.279 e. The second-order valence-corrected chi connectivity index (χ2v) is 5.83. The molecule has 1 atom stereocenters. The second kappa shape index (κ2) is 9.18. The molecule has 0 aliphatic heterocycles. The Morgan fingerprint density at radius 1 is 1.13 bits per heavy atom. The first-order valence-corrected chi connectivity index (χ1v) is 8.06. The Morgan fingerprint density at radius 3 is 2.57 bits per heavy atom. The zero-order valence-electron chi connectivity index (χ0n) is 13.2. The number of quaternary nitrogens is 1. The van der Waals surface area contributed by atoms with Crippen molar-refractivity contribution in [2.24, 2.45) is 0 Å². The van der Waals surface area contributed by atoms with Gasteiger partial charge in [-0.25, -0.2) is 0 Å². The minimum absolute atomic E-state index is 0.0421. The van der Waals surface area contributed by atoms with Gasteiger partial charge < -0.3 is 15.0 Å². The first-order chi connectivity index (χ1) is 11.1. The molecule has 0 radical (unpaired) electrons. The van der Waals surface area contributed by atoms with Crippen LogP contribution in [-0.4, -0.2) is 32.7 Å². The highest BCUT2D eigenvalue weighted by Gasteiger charge is 2.11. The van der Waals surface area contributed by atoms with E-state index < -0.39 is 0 Å². The van der Waals surface area contributed by atoms with Crippen LogP contribution in [0.25, 0.3) is 0 Å². The highest BCUT2D eigenvalue weighted by molar-refractivity contribution is 6.33. The average molecular weight is 334 g/mol. The Kier molecular flexibility index (Phi) is 6.91. The van der Waals surface area contributed by atoms with E-state index in [0.29, 0.717) is 23.9 Å². The van der Waals surface area contributed by atoms with Gasteiger partial charge in [-0.2, -0.15) is 0 Å². The third kappa shape index (κ3) is 6.30. The van der Waals surface area contributed by atoms with E-state index in [1.54, 1.807) is 12.1 Å². The first-order valence-electron chi connectivity index (χ1n) is 7.68.